The Labute approximate surface area is 97.7 Å². The van der Waals surface area contributed by atoms with Crippen LogP contribution in [0.5, 0.6) is 0 Å². The van der Waals surface area contributed by atoms with Crippen LogP contribution in [0.4, 0.5) is 0 Å². The molecular weight excluding hydrogens is 228 g/mol. The Morgan fingerprint density at radius 1 is 1.41 bits per heavy atom. The van der Waals surface area contributed by atoms with Crippen molar-refractivity contribution >= 4 is 11.9 Å². The van der Waals surface area contributed by atoms with E-state index in [1.54, 1.807) is 6.92 Å². The molecule has 1 aromatic heterocycles. The number of esters is 1. The summed E-state index contributed by atoms with van der Waals surface area (Å²) in [4.78, 5) is 22.2. The van der Waals surface area contributed by atoms with Crippen molar-refractivity contribution < 1.29 is 19.1 Å². The van der Waals surface area contributed by atoms with Crippen molar-refractivity contribution in [2.45, 2.75) is 13.5 Å². The number of primary amides is 1. The van der Waals surface area contributed by atoms with Gasteiger partial charge in [-0.1, -0.05) is 5.21 Å². The highest BCUT2D eigenvalue weighted by molar-refractivity contribution is 5.91. The molecule has 1 rings (SSSR count). The largest absolute Gasteiger partial charge is 0.462 e. The molecule has 0 saturated heterocycles. The lowest BCUT2D eigenvalue weighted by Crippen LogP contribution is -2.18. The molecule has 1 heterocycles. The number of amides is 1. The van der Waals surface area contributed by atoms with Gasteiger partial charge in [-0.05, 0) is 6.92 Å². The maximum Gasteiger partial charge on any atom is 0.327 e. The van der Waals surface area contributed by atoms with Gasteiger partial charge in [0.1, 0.15) is 13.2 Å². The van der Waals surface area contributed by atoms with Gasteiger partial charge in [-0.15, -0.1) is 5.10 Å². The third-order valence-electron chi connectivity index (χ3n) is 2.05. The van der Waals surface area contributed by atoms with Crippen molar-refractivity contribution in [1.82, 2.24) is 15.0 Å². The van der Waals surface area contributed by atoms with Crippen molar-refractivity contribution in [3.8, 4) is 0 Å². The average Bonchev–Trinajstić information content (AvgIpc) is 2.61. The molecular formula is C9H14N4O4. The summed E-state index contributed by atoms with van der Waals surface area (Å²) in [6, 6.07) is 0. The number of nitrogens with zero attached hydrogens (tertiary/aromatic N) is 3. The Morgan fingerprint density at radius 2 is 2.12 bits per heavy atom. The summed E-state index contributed by atoms with van der Waals surface area (Å²) >= 11 is 0. The lowest BCUT2D eigenvalue weighted by Gasteiger charge is -2.04. The van der Waals surface area contributed by atoms with E-state index in [0.29, 0.717) is 12.3 Å². The van der Waals surface area contributed by atoms with Crippen LogP contribution >= 0.6 is 0 Å². The maximum absolute atomic E-state index is 11.3. The molecule has 1 amide bonds. The van der Waals surface area contributed by atoms with Gasteiger partial charge in [-0.3, -0.25) is 9.59 Å². The minimum absolute atomic E-state index is 0.0506. The molecule has 0 aliphatic heterocycles. The summed E-state index contributed by atoms with van der Waals surface area (Å²) < 4.78 is 10.8. The Hall–Kier alpha value is -1.96. The second kappa shape index (κ2) is 5.94. The average molecular weight is 242 g/mol. The van der Waals surface area contributed by atoms with Crippen LogP contribution in [0.25, 0.3) is 0 Å². The van der Waals surface area contributed by atoms with E-state index in [9.17, 15) is 9.59 Å². The van der Waals surface area contributed by atoms with Gasteiger partial charge in [0, 0.05) is 7.11 Å². The fourth-order valence-electron chi connectivity index (χ4n) is 1.14. The second-order valence-electron chi connectivity index (χ2n) is 3.26. The number of ether oxygens (including phenoxy) is 2. The van der Waals surface area contributed by atoms with Crippen LogP contribution in [-0.2, 0) is 20.8 Å². The van der Waals surface area contributed by atoms with Crippen molar-refractivity contribution in [1.29, 1.82) is 0 Å². The first-order valence-electron chi connectivity index (χ1n) is 4.90. The van der Waals surface area contributed by atoms with Crippen LogP contribution in [-0.4, -0.2) is 47.2 Å². The van der Waals surface area contributed by atoms with Gasteiger partial charge in [-0.25, -0.2) is 4.68 Å². The maximum atomic E-state index is 11.3. The smallest absolute Gasteiger partial charge is 0.327 e. The molecule has 2 N–H and O–H groups in total. The molecule has 17 heavy (non-hydrogen) atoms. The van der Waals surface area contributed by atoms with Crippen LogP contribution < -0.4 is 5.73 Å². The van der Waals surface area contributed by atoms with Crippen LogP contribution in [0, 0.1) is 6.92 Å². The summed E-state index contributed by atoms with van der Waals surface area (Å²) in [6.45, 7) is 1.98. The highest BCUT2D eigenvalue weighted by atomic mass is 16.6. The third-order valence-corrected chi connectivity index (χ3v) is 2.05. The van der Waals surface area contributed by atoms with E-state index in [-0.39, 0.29) is 18.8 Å². The lowest BCUT2D eigenvalue weighted by atomic mass is 10.3. The zero-order valence-corrected chi connectivity index (χ0v) is 9.67. The number of nitrogens with two attached hydrogens (primary N) is 1. The SMILES string of the molecule is COCCOC(=O)Cn1nnc(C(N)=O)c1C. The van der Waals surface area contributed by atoms with Crippen molar-refractivity contribution in [3.63, 3.8) is 0 Å². The van der Waals surface area contributed by atoms with Gasteiger partial charge in [0.25, 0.3) is 5.91 Å². The first kappa shape index (κ1) is 13.1. The summed E-state index contributed by atoms with van der Waals surface area (Å²) in [5, 5.41) is 7.21. The number of hydrogen-bond donors (Lipinski definition) is 1. The fraction of sp³-hybridized carbons (Fsp3) is 0.556. The van der Waals surface area contributed by atoms with E-state index in [1.165, 1.54) is 11.8 Å². The topological polar surface area (TPSA) is 109 Å². The van der Waals surface area contributed by atoms with E-state index in [2.05, 4.69) is 10.3 Å². The van der Waals surface area contributed by atoms with Crippen molar-refractivity contribution in [3.05, 3.63) is 11.4 Å². The molecule has 0 unspecified atom stereocenters. The highest BCUT2D eigenvalue weighted by Gasteiger charge is 2.15. The zero-order chi connectivity index (χ0) is 12.8. The molecule has 8 nitrogen and oxygen atoms in total. The van der Waals surface area contributed by atoms with Gasteiger partial charge in [-0.2, -0.15) is 0 Å². The minimum Gasteiger partial charge on any atom is -0.462 e. The molecule has 0 aliphatic rings. The highest BCUT2D eigenvalue weighted by Crippen LogP contribution is 2.02. The van der Waals surface area contributed by atoms with Crippen molar-refractivity contribution in [2.75, 3.05) is 20.3 Å². The number of carbonyl (C=O) groups is 2. The van der Waals surface area contributed by atoms with E-state index in [0.717, 1.165) is 0 Å². The number of hydrogen-bond acceptors (Lipinski definition) is 6. The zero-order valence-electron chi connectivity index (χ0n) is 9.67. The summed E-state index contributed by atoms with van der Waals surface area (Å²) in [5.41, 5.74) is 5.55. The van der Waals surface area contributed by atoms with Gasteiger partial charge in [0.05, 0.1) is 12.3 Å². The molecule has 0 aromatic carbocycles. The van der Waals surface area contributed by atoms with Crippen molar-refractivity contribution in [2.24, 2.45) is 5.73 Å². The molecule has 94 valence electrons. The Kier molecular flexibility index (Phi) is 4.58. The number of methoxy groups -OCH3 is 1. The molecule has 0 fully saturated rings. The molecule has 0 spiro atoms. The molecule has 8 heteroatoms. The Balaban J connectivity index is 2.57. The molecule has 0 radical (unpaired) electrons. The van der Waals surface area contributed by atoms with Crippen LogP contribution in [0.3, 0.4) is 0 Å². The van der Waals surface area contributed by atoms with Gasteiger partial charge >= 0.3 is 5.97 Å². The van der Waals surface area contributed by atoms with E-state index < -0.39 is 11.9 Å². The second-order valence-corrected chi connectivity index (χ2v) is 3.26. The summed E-state index contributed by atoms with van der Waals surface area (Å²) in [7, 11) is 1.51. The lowest BCUT2D eigenvalue weighted by molar-refractivity contribution is -0.145. The van der Waals surface area contributed by atoms with Gasteiger partial charge in [0.2, 0.25) is 0 Å². The normalized spacial score (nSPS) is 10.2. The Bertz CT molecular complexity index is 415. The summed E-state index contributed by atoms with van der Waals surface area (Å²) in [6.07, 6.45) is 0. The molecule has 0 atom stereocenters. The molecule has 0 aliphatic carbocycles. The number of carbonyl (C=O) groups excluding carboxylic acids is 2. The third kappa shape index (κ3) is 3.52. The fourth-order valence-corrected chi connectivity index (χ4v) is 1.14. The monoisotopic (exact) mass is 242 g/mol. The molecule has 0 bridgehead atoms. The first-order valence-corrected chi connectivity index (χ1v) is 4.90. The standard InChI is InChI=1S/C9H14N4O4/c1-6-8(9(10)15)11-12-13(6)5-7(14)17-4-3-16-2/h3-5H2,1-2H3,(H2,10,15). The molecule has 1 aromatic rings. The predicted octanol–water partition coefficient (Wildman–Crippen LogP) is -1.12. The summed E-state index contributed by atoms with van der Waals surface area (Å²) in [5.74, 6) is -1.16. The quantitative estimate of drug-likeness (QED) is 0.499. The number of rotatable bonds is 6. The van der Waals surface area contributed by atoms with E-state index in [4.69, 9.17) is 15.2 Å². The number of aromatic nitrogens is 3. The molecule has 0 saturated carbocycles. The van der Waals surface area contributed by atoms with E-state index in [1.807, 2.05) is 0 Å². The van der Waals surface area contributed by atoms with Crippen LogP contribution in [0.1, 0.15) is 16.2 Å². The van der Waals surface area contributed by atoms with Gasteiger partial charge < -0.3 is 15.2 Å². The van der Waals surface area contributed by atoms with Crippen LogP contribution in [0.15, 0.2) is 0 Å². The Morgan fingerprint density at radius 3 is 2.65 bits per heavy atom. The van der Waals surface area contributed by atoms with E-state index >= 15 is 0 Å². The first-order chi connectivity index (χ1) is 8.06. The van der Waals surface area contributed by atoms with Crippen LogP contribution in [0.2, 0.25) is 0 Å². The van der Waals surface area contributed by atoms with Gasteiger partial charge in [0.15, 0.2) is 5.69 Å². The predicted molar refractivity (Wildman–Crippen MR) is 56.1 cm³/mol. The minimum atomic E-state index is -0.679.